The number of hydrogen-bond acceptors (Lipinski definition) is 4. The zero-order valence-electron chi connectivity index (χ0n) is 14.2. The summed E-state index contributed by atoms with van der Waals surface area (Å²) < 4.78 is 6.64. The minimum Gasteiger partial charge on any atom is -0.360 e. The second-order valence-electron chi connectivity index (χ2n) is 6.09. The van der Waals surface area contributed by atoms with Gasteiger partial charge in [-0.15, -0.1) is 0 Å². The molecule has 0 radical (unpaired) electrons. The van der Waals surface area contributed by atoms with E-state index in [-0.39, 0.29) is 5.91 Å². The highest BCUT2D eigenvalue weighted by Crippen LogP contribution is 2.23. The summed E-state index contributed by atoms with van der Waals surface area (Å²) in [5.41, 5.74) is 3.51. The monoisotopic (exact) mass is 324 g/mol. The quantitative estimate of drug-likeness (QED) is 0.793. The van der Waals surface area contributed by atoms with Crippen molar-refractivity contribution < 1.29 is 9.32 Å². The maximum Gasteiger partial charge on any atom is 0.277 e. The van der Waals surface area contributed by atoms with E-state index in [9.17, 15) is 4.79 Å². The second kappa shape index (κ2) is 6.31. The van der Waals surface area contributed by atoms with Gasteiger partial charge in [-0.2, -0.15) is 5.10 Å². The van der Waals surface area contributed by atoms with Gasteiger partial charge in [-0.1, -0.05) is 43.3 Å². The summed E-state index contributed by atoms with van der Waals surface area (Å²) in [5, 5.41) is 10.7. The van der Waals surface area contributed by atoms with E-state index in [2.05, 4.69) is 53.7 Å². The molecule has 2 heterocycles. The van der Waals surface area contributed by atoms with Gasteiger partial charge in [0.05, 0.1) is 5.69 Å². The van der Waals surface area contributed by atoms with E-state index < -0.39 is 0 Å². The Kier molecular flexibility index (Phi) is 4.20. The highest BCUT2D eigenvalue weighted by atomic mass is 16.5. The summed E-state index contributed by atoms with van der Waals surface area (Å²) in [6.45, 7) is 6.09. The molecule has 1 aromatic carbocycles. The van der Waals surface area contributed by atoms with Crippen molar-refractivity contribution in [1.29, 1.82) is 0 Å². The van der Waals surface area contributed by atoms with Crippen LogP contribution in [-0.2, 0) is 7.05 Å². The van der Waals surface area contributed by atoms with E-state index in [1.807, 2.05) is 7.05 Å². The van der Waals surface area contributed by atoms with Crippen molar-refractivity contribution in [3.8, 4) is 11.3 Å². The van der Waals surface area contributed by atoms with Gasteiger partial charge in [-0.25, -0.2) is 0 Å². The molecule has 1 amide bonds. The second-order valence-corrected chi connectivity index (χ2v) is 6.09. The van der Waals surface area contributed by atoms with Gasteiger partial charge >= 0.3 is 0 Å². The van der Waals surface area contributed by atoms with Crippen molar-refractivity contribution in [3.63, 3.8) is 0 Å². The number of aryl methyl sites for hydroxylation is 2. The summed E-state index contributed by atoms with van der Waals surface area (Å²) in [7, 11) is 1.82. The predicted octanol–water partition coefficient (Wildman–Crippen LogP) is 3.76. The van der Waals surface area contributed by atoms with Crippen LogP contribution in [-0.4, -0.2) is 20.8 Å². The first kappa shape index (κ1) is 16.0. The number of nitrogens with zero attached hydrogens (tertiary/aromatic N) is 3. The fraction of sp³-hybridized carbons (Fsp3) is 0.278. The van der Waals surface area contributed by atoms with Crippen molar-refractivity contribution in [2.75, 3.05) is 5.32 Å². The van der Waals surface area contributed by atoms with Crippen molar-refractivity contribution in [3.05, 3.63) is 53.4 Å². The Morgan fingerprint density at radius 1 is 1.21 bits per heavy atom. The lowest BCUT2D eigenvalue weighted by Gasteiger charge is -2.06. The van der Waals surface area contributed by atoms with Crippen LogP contribution in [0.1, 0.15) is 41.6 Å². The van der Waals surface area contributed by atoms with Crippen LogP contribution in [0.15, 0.2) is 40.9 Å². The zero-order chi connectivity index (χ0) is 17.3. The van der Waals surface area contributed by atoms with Crippen LogP contribution in [0, 0.1) is 6.92 Å². The minimum absolute atomic E-state index is 0.316. The largest absolute Gasteiger partial charge is 0.360 e. The Labute approximate surface area is 140 Å². The summed E-state index contributed by atoms with van der Waals surface area (Å²) in [6, 6.07) is 11.7. The molecule has 0 fully saturated rings. The van der Waals surface area contributed by atoms with Gasteiger partial charge in [0.25, 0.3) is 5.91 Å². The zero-order valence-corrected chi connectivity index (χ0v) is 14.2. The van der Waals surface area contributed by atoms with Crippen LogP contribution in [0.25, 0.3) is 11.3 Å². The number of hydrogen-bond donors (Lipinski definition) is 1. The third kappa shape index (κ3) is 3.22. The Morgan fingerprint density at radius 3 is 2.50 bits per heavy atom. The smallest absolute Gasteiger partial charge is 0.277 e. The van der Waals surface area contributed by atoms with Gasteiger partial charge in [-0.05, 0) is 30.0 Å². The highest BCUT2D eigenvalue weighted by Gasteiger charge is 2.15. The summed E-state index contributed by atoms with van der Waals surface area (Å²) in [5.74, 6) is 1.19. The Bertz CT molecular complexity index is 860. The predicted molar refractivity (Wildman–Crippen MR) is 91.9 cm³/mol. The molecule has 3 aromatic rings. The molecule has 0 unspecified atom stereocenters. The van der Waals surface area contributed by atoms with Crippen LogP contribution in [0.3, 0.4) is 0 Å². The lowest BCUT2D eigenvalue weighted by molar-refractivity contribution is 0.102. The summed E-state index contributed by atoms with van der Waals surface area (Å²) in [6.07, 6.45) is 0. The SMILES string of the molecule is Cc1cc(NC(=O)c2cc(-c3ccc(C(C)C)cc3)n(C)n2)no1. The number of amides is 1. The van der Waals surface area contributed by atoms with E-state index in [0.29, 0.717) is 23.2 Å². The maximum absolute atomic E-state index is 12.3. The average molecular weight is 324 g/mol. The van der Waals surface area contributed by atoms with Crippen LogP contribution in [0.2, 0.25) is 0 Å². The number of rotatable bonds is 4. The Hall–Kier alpha value is -2.89. The van der Waals surface area contributed by atoms with Gasteiger partial charge in [0.15, 0.2) is 11.5 Å². The normalized spacial score (nSPS) is 11.0. The van der Waals surface area contributed by atoms with E-state index >= 15 is 0 Å². The van der Waals surface area contributed by atoms with Gasteiger partial charge in [0.1, 0.15) is 5.76 Å². The molecule has 0 bridgehead atoms. The number of benzene rings is 1. The number of anilines is 1. The molecule has 24 heavy (non-hydrogen) atoms. The third-order valence-corrected chi connectivity index (χ3v) is 3.86. The number of nitrogens with one attached hydrogen (secondary N) is 1. The highest BCUT2D eigenvalue weighted by molar-refractivity contribution is 6.02. The summed E-state index contributed by atoms with van der Waals surface area (Å²) in [4.78, 5) is 12.3. The third-order valence-electron chi connectivity index (χ3n) is 3.86. The molecule has 0 aliphatic heterocycles. The van der Waals surface area contributed by atoms with E-state index in [4.69, 9.17) is 4.52 Å². The molecule has 0 saturated carbocycles. The number of carbonyl (C=O) groups excluding carboxylic acids is 1. The number of carbonyl (C=O) groups is 1. The van der Waals surface area contributed by atoms with Crippen LogP contribution >= 0.6 is 0 Å². The van der Waals surface area contributed by atoms with Crippen LogP contribution in [0.4, 0.5) is 5.82 Å². The first-order chi connectivity index (χ1) is 11.4. The minimum atomic E-state index is -0.316. The van der Waals surface area contributed by atoms with Crippen molar-refractivity contribution >= 4 is 11.7 Å². The van der Waals surface area contributed by atoms with E-state index in [1.54, 1.807) is 23.7 Å². The molecule has 124 valence electrons. The molecule has 6 heteroatoms. The molecule has 0 saturated heterocycles. The molecular weight excluding hydrogens is 304 g/mol. The molecule has 1 N–H and O–H groups in total. The summed E-state index contributed by atoms with van der Waals surface area (Å²) >= 11 is 0. The molecular formula is C18H20N4O2. The van der Waals surface area contributed by atoms with Crippen LogP contribution in [0.5, 0.6) is 0 Å². The molecule has 6 nitrogen and oxygen atoms in total. The fourth-order valence-electron chi connectivity index (χ4n) is 2.49. The molecule has 3 rings (SSSR count). The van der Waals surface area contributed by atoms with Crippen molar-refractivity contribution in [2.45, 2.75) is 26.7 Å². The molecule has 0 spiro atoms. The lowest BCUT2D eigenvalue weighted by Crippen LogP contribution is -2.13. The lowest BCUT2D eigenvalue weighted by atomic mass is 10.0. The van der Waals surface area contributed by atoms with Crippen molar-refractivity contribution in [2.24, 2.45) is 7.05 Å². The van der Waals surface area contributed by atoms with E-state index in [0.717, 1.165) is 11.3 Å². The van der Waals surface area contributed by atoms with Crippen LogP contribution < -0.4 is 5.32 Å². The molecule has 0 aliphatic rings. The van der Waals surface area contributed by atoms with Gasteiger partial charge < -0.3 is 9.84 Å². The fourth-order valence-corrected chi connectivity index (χ4v) is 2.49. The maximum atomic E-state index is 12.3. The Balaban J connectivity index is 1.83. The standard InChI is InChI=1S/C18H20N4O2/c1-11(2)13-5-7-14(8-6-13)16-10-15(20-22(16)4)18(23)19-17-9-12(3)24-21-17/h5-11H,1-4H3,(H,19,21,23). The Morgan fingerprint density at radius 2 is 1.92 bits per heavy atom. The average Bonchev–Trinajstić information content (AvgIpc) is 3.13. The van der Waals surface area contributed by atoms with Crippen molar-refractivity contribution in [1.82, 2.24) is 14.9 Å². The molecule has 2 aromatic heterocycles. The number of aromatic nitrogens is 3. The molecule has 0 atom stereocenters. The first-order valence-electron chi connectivity index (χ1n) is 7.83. The van der Waals surface area contributed by atoms with Gasteiger partial charge in [0.2, 0.25) is 0 Å². The molecule has 0 aliphatic carbocycles. The van der Waals surface area contributed by atoms with E-state index in [1.165, 1.54) is 5.56 Å². The van der Waals surface area contributed by atoms with Gasteiger partial charge in [0, 0.05) is 13.1 Å². The topological polar surface area (TPSA) is 73.0 Å². The van der Waals surface area contributed by atoms with Gasteiger partial charge in [-0.3, -0.25) is 9.48 Å². The first-order valence-corrected chi connectivity index (χ1v) is 7.83.